The molecular weight excluding hydrogens is 190 g/mol. The smallest absolute Gasteiger partial charge is 0.235 e. The topological polar surface area (TPSA) is 38.7 Å². The number of hydrogen-bond donors (Lipinski definition) is 0. The minimum absolute atomic E-state index is 0.411. The molecule has 1 atom stereocenters. The van der Waals surface area contributed by atoms with Crippen LogP contribution in [0.15, 0.2) is 23.2 Å². The largest absolute Gasteiger partial charge is 0.497 e. The highest BCUT2D eigenvalue weighted by atomic mass is 16.5. The minimum atomic E-state index is -0.411. The Balaban J connectivity index is 2.52. The average Bonchev–Trinajstić information content (AvgIpc) is 2.57. The van der Waals surface area contributed by atoms with E-state index in [4.69, 9.17) is 4.74 Å². The lowest BCUT2D eigenvalue weighted by atomic mass is 9.95. The maximum Gasteiger partial charge on any atom is 0.235 e. The standard InChI is InChI=1S/C12H13NO2/c1-12(13-8-14)6-5-9-3-4-10(15-2)7-11(9)12/h3-4,7H,5-6H2,1-2H3. The summed E-state index contributed by atoms with van der Waals surface area (Å²) >= 11 is 0. The maximum atomic E-state index is 10.4. The van der Waals surface area contributed by atoms with Crippen molar-refractivity contribution in [3.05, 3.63) is 29.3 Å². The summed E-state index contributed by atoms with van der Waals surface area (Å²) in [5.74, 6) is 0.808. The fourth-order valence-electron chi connectivity index (χ4n) is 2.13. The highest BCUT2D eigenvalue weighted by Gasteiger charge is 2.34. The summed E-state index contributed by atoms with van der Waals surface area (Å²) < 4.78 is 5.17. The van der Waals surface area contributed by atoms with Crippen LogP contribution in [0.4, 0.5) is 0 Å². The van der Waals surface area contributed by atoms with E-state index in [0.29, 0.717) is 0 Å². The molecule has 2 rings (SSSR count). The van der Waals surface area contributed by atoms with Crippen LogP contribution in [-0.2, 0) is 16.8 Å². The monoisotopic (exact) mass is 203 g/mol. The van der Waals surface area contributed by atoms with Crippen molar-refractivity contribution in [1.29, 1.82) is 0 Å². The van der Waals surface area contributed by atoms with Crippen LogP contribution in [0.25, 0.3) is 0 Å². The number of ether oxygens (including phenoxy) is 1. The molecule has 1 aromatic carbocycles. The number of fused-ring (bicyclic) bond motifs is 1. The second-order valence-electron chi connectivity index (χ2n) is 4.00. The molecule has 0 saturated heterocycles. The van der Waals surface area contributed by atoms with Crippen LogP contribution in [0.2, 0.25) is 0 Å². The van der Waals surface area contributed by atoms with E-state index in [9.17, 15) is 4.79 Å². The maximum absolute atomic E-state index is 10.4. The van der Waals surface area contributed by atoms with Crippen molar-refractivity contribution in [2.45, 2.75) is 25.3 Å². The quantitative estimate of drug-likeness (QED) is 0.546. The Morgan fingerprint density at radius 2 is 2.33 bits per heavy atom. The summed E-state index contributed by atoms with van der Waals surface area (Å²) in [6.07, 6.45) is 3.49. The van der Waals surface area contributed by atoms with Gasteiger partial charge in [0.05, 0.1) is 12.6 Å². The average molecular weight is 203 g/mol. The number of rotatable bonds is 2. The fraction of sp³-hybridized carbons (Fsp3) is 0.417. The Hall–Kier alpha value is -1.60. The predicted molar refractivity (Wildman–Crippen MR) is 56.8 cm³/mol. The van der Waals surface area contributed by atoms with Gasteiger partial charge in [0.2, 0.25) is 6.08 Å². The zero-order chi connectivity index (χ0) is 10.9. The van der Waals surface area contributed by atoms with Crippen molar-refractivity contribution >= 4 is 6.08 Å². The van der Waals surface area contributed by atoms with E-state index < -0.39 is 5.54 Å². The molecule has 1 aliphatic rings. The number of aliphatic imine (C=N–C) groups is 1. The molecule has 0 radical (unpaired) electrons. The second kappa shape index (κ2) is 3.52. The number of nitrogens with zero attached hydrogens (tertiary/aromatic N) is 1. The molecule has 1 aromatic rings. The molecule has 0 aliphatic heterocycles. The SMILES string of the molecule is COc1ccc2c(c1)C(C)(N=C=O)CC2. The van der Waals surface area contributed by atoms with E-state index in [2.05, 4.69) is 4.99 Å². The third-order valence-corrected chi connectivity index (χ3v) is 3.07. The molecular formula is C12H13NO2. The molecule has 3 heteroatoms. The van der Waals surface area contributed by atoms with Gasteiger partial charge in [-0.15, -0.1) is 0 Å². The van der Waals surface area contributed by atoms with Gasteiger partial charge in [-0.05, 0) is 43.0 Å². The Morgan fingerprint density at radius 1 is 1.53 bits per heavy atom. The predicted octanol–water partition coefficient (Wildman–Crippen LogP) is 2.19. The van der Waals surface area contributed by atoms with Crippen molar-refractivity contribution in [3.8, 4) is 5.75 Å². The molecule has 1 unspecified atom stereocenters. The second-order valence-corrected chi connectivity index (χ2v) is 4.00. The molecule has 0 fully saturated rings. The molecule has 0 amide bonds. The number of benzene rings is 1. The Labute approximate surface area is 88.8 Å². The van der Waals surface area contributed by atoms with Gasteiger partial charge in [-0.1, -0.05) is 6.07 Å². The molecule has 0 bridgehead atoms. The normalized spacial score (nSPS) is 23.1. The number of methoxy groups -OCH3 is 1. The number of carbonyl (C=O) groups excluding carboxylic acids is 1. The van der Waals surface area contributed by atoms with Gasteiger partial charge in [-0.3, -0.25) is 0 Å². The molecule has 78 valence electrons. The molecule has 15 heavy (non-hydrogen) atoms. The summed E-state index contributed by atoms with van der Waals surface area (Å²) in [6, 6.07) is 5.94. The number of hydrogen-bond acceptors (Lipinski definition) is 3. The Morgan fingerprint density at radius 3 is 3.00 bits per heavy atom. The van der Waals surface area contributed by atoms with E-state index in [1.165, 1.54) is 5.56 Å². The number of isocyanates is 1. The Kier molecular flexibility index (Phi) is 2.33. The fourth-order valence-corrected chi connectivity index (χ4v) is 2.13. The molecule has 0 N–H and O–H groups in total. The zero-order valence-corrected chi connectivity index (χ0v) is 8.91. The lowest BCUT2D eigenvalue weighted by Crippen LogP contribution is -2.14. The lowest BCUT2D eigenvalue weighted by molar-refractivity contribution is 0.411. The lowest BCUT2D eigenvalue weighted by Gasteiger charge is -2.18. The Bertz CT molecular complexity index is 435. The number of aryl methyl sites for hydroxylation is 1. The van der Waals surface area contributed by atoms with Crippen LogP contribution in [0.3, 0.4) is 0 Å². The first kappa shape index (κ1) is 9.94. The summed E-state index contributed by atoms with van der Waals surface area (Å²) in [4.78, 5) is 14.3. The minimum Gasteiger partial charge on any atom is -0.497 e. The van der Waals surface area contributed by atoms with Crippen molar-refractivity contribution < 1.29 is 9.53 Å². The zero-order valence-electron chi connectivity index (χ0n) is 8.91. The summed E-state index contributed by atoms with van der Waals surface area (Å²) in [7, 11) is 1.64. The van der Waals surface area contributed by atoms with Crippen LogP contribution in [0.1, 0.15) is 24.5 Å². The summed E-state index contributed by atoms with van der Waals surface area (Å²) in [6.45, 7) is 1.96. The van der Waals surface area contributed by atoms with E-state index >= 15 is 0 Å². The van der Waals surface area contributed by atoms with Crippen molar-refractivity contribution in [2.75, 3.05) is 7.11 Å². The van der Waals surface area contributed by atoms with Crippen LogP contribution in [0.5, 0.6) is 5.75 Å². The summed E-state index contributed by atoms with van der Waals surface area (Å²) in [5.41, 5.74) is 1.92. The van der Waals surface area contributed by atoms with Gasteiger partial charge in [0.1, 0.15) is 5.75 Å². The molecule has 0 spiro atoms. The van der Waals surface area contributed by atoms with Gasteiger partial charge < -0.3 is 4.74 Å². The van der Waals surface area contributed by atoms with Gasteiger partial charge in [0.25, 0.3) is 0 Å². The van der Waals surface area contributed by atoms with Gasteiger partial charge in [-0.25, -0.2) is 4.79 Å². The van der Waals surface area contributed by atoms with Crippen LogP contribution in [-0.4, -0.2) is 13.2 Å². The van der Waals surface area contributed by atoms with Gasteiger partial charge in [-0.2, -0.15) is 4.99 Å². The van der Waals surface area contributed by atoms with Crippen molar-refractivity contribution in [1.82, 2.24) is 0 Å². The highest BCUT2D eigenvalue weighted by Crippen LogP contribution is 2.41. The van der Waals surface area contributed by atoms with E-state index in [1.807, 2.05) is 25.1 Å². The molecule has 0 saturated carbocycles. The van der Waals surface area contributed by atoms with Crippen LogP contribution >= 0.6 is 0 Å². The first-order valence-electron chi connectivity index (χ1n) is 4.96. The van der Waals surface area contributed by atoms with E-state index in [0.717, 1.165) is 24.2 Å². The van der Waals surface area contributed by atoms with E-state index in [-0.39, 0.29) is 0 Å². The van der Waals surface area contributed by atoms with Crippen LogP contribution < -0.4 is 4.74 Å². The van der Waals surface area contributed by atoms with Gasteiger partial charge >= 0.3 is 0 Å². The molecule has 0 aromatic heterocycles. The third-order valence-electron chi connectivity index (χ3n) is 3.07. The summed E-state index contributed by atoms with van der Waals surface area (Å²) in [5, 5.41) is 0. The molecule has 3 nitrogen and oxygen atoms in total. The first-order valence-corrected chi connectivity index (χ1v) is 4.96. The van der Waals surface area contributed by atoms with E-state index in [1.54, 1.807) is 13.2 Å². The van der Waals surface area contributed by atoms with Gasteiger partial charge in [0, 0.05) is 0 Å². The van der Waals surface area contributed by atoms with Crippen molar-refractivity contribution in [3.63, 3.8) is 0 Å². The highest BCUT2D eigenvalue weighted by molar-refractivity contribution is 5.46. The van der Waals surface area contributed by atoms with Crippen LogP contribution in [0, 0.1) is 0 Å². The van der Waals surface area contributed by atoms with Gasteiger partial charge in [0.15, 0.2) is 0 Å². The molecule has 1 aliphatic carbocycles. The molecule has 0 heterocycles. The first-order chi connectivity index (χ1) is 7.19. The third kappa shape index (κ3) is 1.55. The van der Waals surface area contributed by atoms with Crippen molar-refractivity contribution in [2.24, 2.45) is 4.99 Å².